The quantitative estimate of drug-likeness (QED) is 0.862. The molecule has 3 N–H and O–H groups in total. The summed E-state index contributed by atoms with van der Waals surface area (Å²) < 4.78 is 13.2. The molecule has 1 aromatic rings. The molecule has 0 heterocycles. The second-order valence-electron chi connectivity index (χ2n) is 4.97. The van der Waals surface area contributed by atoms with Crippen LogP contribution in [0.3, 0.4) is 0 Å². The van der Waals surface area contributed by atoms with Crippen LogP contribution in [0.1, 0.15) is 35.2 Å². The predicted octanol–water partition coefficient (Wildman–Crippen LogP) is 1.99. The Morgan fingerprint density at radius 3 is 3.00 bits per heavy atom. The highest BCUT2D eigenvalue weighted by molar-refractivity contribution is 5.95. The summed E-state index contributed by atoms with van der Waals surface area (Å²) in [7, 11) is 0. The number of benzene rings is 1. The second-order valence-corrected chi connectivity index (χ2v) is 4.97. The Bertz CT molecular complexity index is 447. The van der Waals surface area contributed by atoms with Crippen LogP contribution in [0.4, 0.5) is 4.39 Å². The van der Waals surface area contributed by atoms with E-state index in [-0.39, 0.29) is 17.8 Å². The molecule has 3 nitrogen and oxygen atoms in total. The molecule has 0 aliphatic heterocycles. The summed E-state index contributed by atoms with van der Waals surface area (Å²) in [6, 6.07) is 4.41. The molecule has 98 valence electrons. The average Bonchev–Trinajstić information content (AvgIpc) is 2.79. The third kappa shape index (κ3) is 2.70. The maximum Gasteiger partial charge on any atom is 0.251 e. The zero-order valence-corrected chi connectivity index (χ0v) is 10.6. The Morgan fingerprint density at radius 2 is 2.28 bits per heavy atom. The summed E-state index contributed by atoms with van der Waals surface area (Å²) >= 11 is 0. The van der Waals surface area contributed by atoms with Crippen molar-refractivity contribution in [2.24, 2.45) is 11.7 Å². The zero-order chi connectivity index (χ0) is 13.1. The van der Waals surface area contributed by atoms with E-state index in [2.05, 4.69) is 5.32 Å². The summed E-state index contributed by atoms with van der Waals surface area (Å²) in [6.07, 6.45) is 3.11. The van der Waals surface area contributed by atoms with Gasteiger partial charge in [-0.1, -0.05) is 12.5 Å². The van der Waals surface area contributed by atoms with Gasteiger partial charge in [-0.25, -0.2) is 4.39 Å². The predicted molar refractivity (Wildman–Crippen MR) is 68.8 cm³/mol. The number of rotatable bonds is 3. The third-order valence-corrected chi connectivity index (χ3v) is 3.72. The lowest BCUT2D eigenvalue weighted by molar-refractivity contribution is 0.0927. The lowest BCUT2D eigenvalue weighted by Crippen LogP contribution is -2.40. The number of hydrogen-bond acceptors (Lipinski definition) is 2. The molecule has 2 rings (SSSR count). The van der Waals surface area contributed by atoms with Gasteiger partial charge in [0.15, 0.2) is 0 Å². The Hall–Kier alpha value is -1.42. The standard InChI is InChI=1S/C14H19FN2O/c1-9-5-6-11(15)7-12(9)14(18)17-13-4-2-3-10(13)8-16/h5-7,10,13H,2-4,8,16H2,1H3,(H,17,18). The number of halogens is 1. The summed E-state index contributed by atoms with van der Waals surface area (Å²) in [5.41, 5.74) is 6.88. The summed E-state index contributed by atoms with van der Waals surface area (Å²) in [4.78, 5) is 12.1. The molecule has 2 atom stereocenters. The lowest BCUT2D eigenvalue weighted by Gasteiger charge is -2.20. The third-order valence-electron chi connectivity index (χ3n) is 3.72. The van der Waals surface area contributed by atoms with E-state index in [1.807, 2.05) is 6.92 Å². The van der Waals surface area contributed by atoms with Crippen molar-refractivity contribution in [3.63, 3.8) is 0 Å². The number of aryl methyl sites for hydroxylation is 1. The molecule has 1 aliphatic rings. The minimum absolute atomic E-state index is 0.130. The zero-order valence-electron chi connectivity index (χ0n) is 10.6. The van der Waals surface area contributed by atoms with Gasteiger partial charge in [0.1, 0.15) is 5.82 Å². The van der Waals surface area contributed by atoms with Crippen LogP contribution in [0.5, 0.6) is 0 Å². The van der Waals surface area contributed by atoms with E-state index in [1.165, 1.54) is 12.1 Å². The van der Waals surface area contributed by atoms with Gasteiger partial charge in [0.2, 0.25) is 0 Å². The molecule has 0 radical (unpaired) electrons. The second kappa shape index (κ2) is 5.48. The minimum atomic E-state index is -0.382. The van der Waals surface area contributed by atoms with Crippen molar-refractivity contribution in [1.82, 2.24) is 5.32 Å². The first-order chi connectivity index (χ1) is 8.61. The highest BCUT2D eigenvalue weighted by atomic mass is 19.1. The summed E-state index contributed by atoms with van der Waals surface area (Å²) in [5.74, 6) is -0.229. The molecular weight excluding hydrogens is 231 g/mol. The number of carbonyl (C=O) groups excluding carboxylic acids is 1. The topological polar surface area (TPSA) is 55.1 Å². The van der Waals surface area contributed by atoms with Crippen molar-refractivity contribution >= 4 is 5.91 Å². The van der Waals surface area contributed by atoms with Crippen LogP contribution in [-0.4, -0.2) is 18.5 Å². The average molecular weight is 250 g/mol. The van der Waals surface area contributed by atoms with Crippen LogP contribution in [-0.2, 0) is 0 Å². The highest BCUT2D eigenvalue weighted by Gasteiger charge is 2.27. The van der Waals surface area contributed by atoms with E-state index in [0.29, 0.717) is 18.0 Å². The number of nitrogens with one attached hydrogen (secondary N) is 1. The molecule has 0 aromatic heterocycles. The number of hydrogen-bond donors (Lipinski definition) is 2. The molecule has 0 saturated heterocycles. The fourth-order valence-electron chi connectivity index (χ4n) is 2.59. The van der Waals surface area contributed by atoms with E-state index in [4.69, 9.17) is 5.73 Å². The van der Waals surface area contributed by atoms with Gasteiger partial charge in [0.05, 0.1) is 0 Å². The molecule has 1 aliphatic carbocycles. The molecule has 1 saturated carbocycles. The summed E-state index contributed by atoms with van der Waals surface area (Å²) in [6.45, 7) is 2.40. The van der Waals surface area contributed by atoms with E-state index >= 15 is 0 Å². The van der Waals surface area contributed by atoms with Gasteiger partial charge in [0, 0.05) is 11.6 Å². The molecular formula is C14H19FN2O. The molecule has 4 heteroatoms. The normalized spacial score (nSPS) is 23.1. The minimum Gasteiger partial charge on any atom is -0.349 e. The first kappa shape index (κ1) is 13.0. The van der Waals surface area contributed by atoms with Crippen molar-refractivity contribution in [1.29, 1.82) is 0 Å². The van der Waals surface area contributed by atoms with Gasteiger partial charge in [-0.3, -0.25) is 4.79 Å². The van der Waals surface area contributed by atoms with Gasteiger partial charge in [-0.15, -0.1) is 0 Å². The van der Waals surface area contributed by atoms with Crippen molar-refractivity contribution in [3.05, 3.63) is 35.1 Å². The van der Waals surface area contributed by atoms with Crippen LogP contribution in [0.25, 0.3) is 0 Å². The van der Waals surface area contributed by atoms with E-state index in [1.54, 1.807) is 6.07 Å². The van der Waals surface area contributed by atoms with Gasteiger partial charge < -0.3 is 11.1 Å². The van der Waals surface area contributed by atoms with Crippen molar-refractivity contribution in [3.8, 4) is 0 Å². The van der Waals surface area contributed by atoms with Gasteiger partial charge in [0.25, 0.3) is 5.91 Å². The number of carbonyl (C=O) groups is 1. The highest BCUT2D eigenvalue weighted by Crippen LogP contribution is 2.25. The fourth-order valence-corrected chi connectivity index (χ4v) is 2.59. The number of amides is 1. The first-order valence-electron chi connectivity index (χ1n) is 6.39. The Morgan fingerprint density at radius 1 is 1.50 bits per heavy atom. The molecule has 0 bridgehead atoms. The molecule has 18 heavy (non-hydrogen) atoms. The van der Waals surface area contributed by atoms with Crippen molar-refractivity contribution in [2.45, 2.75) is 32.2 Å². The van der Waals surface area contributed by atoms with E-state index in [9.17, 15) is 9.18 Å². The molecule has 1 aromatic carbocycles. The molecule has 0 spiro atoms. The van der Waals surface area contributed by atoms with E-state index < -0.39 is 0 Å². The first-order valence-corrected chi connectivity index (χ1v) is 6.39. The van der Waals surface area contributed by atoms with Crippen molar-refractivity contribution in [2.75, 3.05) is 6.54 Å². The van der Waals surface area contributed by atoms with Gasteiger partial charge in [-0.05, 0) is 49.9 Å². The smallest absolute Gasteiger partial charge is 0.251 e. The Balaban J connectivity index is 2.09. The van der Waals surface area contributed by atoms with Gasteiger partial charge >= 0.3 is 0 Å². The van der Waals surface area contributed by atoms with E-state index in [0.717, 1.165) is 24.8 Å². The molecule has 1 fully saturated rings. The van der Waals surface area contributed by atoms with Gasteiger partial charge in [-0.2, -0.15) is 0 Å². The van der Waals surface area contributed by atoms with Crippen LogP contribution >= 0.6 is 0 Å². The SMILES string of the molecule is Cc1ccc(F)cc1C(=O)NC1CCCC1CN. The molecule has 2 unspecified atom stereocenters. The van der Waals surface area contributed by atoms with Crippen LogP contribution < -0.4 is 11.1 Å². The van der Waals surface area contributed by atoms with Crippen LogP contribution in [0.15, 0.2) is 18.2 Å². The maximum absolute atomic E-state index is 13.2. The van der Waals surface area contributed by atoms with Crippen LogP contribution in [0, 0.1) is 18.7 Å². The summed E-state index contributed by atoms with van der Waals surface area (Å²) in [5, 5.41) is 2.98. The monoisotopic (exact) mass is 250 g/mol. The van der Waals surface area contributed by atoms with Crippen LogP contribution in [0.2, 0.25) is 0 Å². The largest absolute Gasteiger partial charge is 0.349 e. The number of nitrogens with two attached hydrogens (primary N) is 1. The maximum atomic E-state index is 13.2. The fraction of sp³-hybridized carbons (Fsp3) is 0.500. The Kier molecular flexibility index (Phi) is 3.97. The van der Waals surface area contributed by atoms with Crippen molar-refractivity contribution < 1.29 is 9.18 Å². The lowest BCUT2D eigenvalue weighted by atomic mass is 10.0. The Labute approximate surface area is 107 Å². The molecule has 1 amide bonds.